The minimum Gasteiger partial charge on any atom is -0.463 e. The fourth-order valence-electron chi connectivity index (χ4n) is 1.40. The monoisotopic (exact) mass is 184 g/mol. The Hall–Kier alpha value is -1.03. The zero-order valence-corrected chi connectivity index (χ0v) is 8.31. The number of carbonyl (C=O) groups is 1. The quantitative estimate of drug-likeness (QED) is 0.608. The molecule has 1 aliphatic heterocycles. The molecule has 0 amide bonds. The molecule has 4 heteroatoms. The van der Waals surface area contributed by atoms with Crippen LogP contribution >= 0.6 is 0 Å². The van der Waals surface area contributed by atoms with E-state index in [0.29, 0.717) is 18.8 Å². The maximum Gasteiger partial charge on any atom is 0.337 e. The molecule has 0 spiro atoms. The minimum absolute atomic E-state index is 0.0697. The second-order valence-corrected chi connectivity index (χ2v) is 3.04. The molecule has 0 aromatic carbocycles. The molecule has 13 heavy (non-hydrogen) atoms. The number of carbonyl (C=O) groups excluding carboxylic acids is 1. The molecule has 0 aromatic heterocycles. The summed E-state index contributed by atoms with van der Waals surface area (Å²) in [5.74, 6) is -0.229. The van der Waals surface area contributed by atoms with E-state index in [2.05, 4.69) is 10.6 Å². The van der Waals surface area contributed by atoms with Gasteiger partial charge in [-0.2, -0.15) is 0 Å². The Labute approximate surface area is 78.3 Å². The molecule has 1 aliphatic rings. The Bertz CT molecular complexity index is 236. The molecule has 1 heterocycles. The van der Waals surface area contributed by atoms with Crippen molar-refractivity contribution in [2.75, 3.05) is 13.3 Å². The molecule has 0 saturated heterocycles. The van der Waals surface area contributed by atoms with Gasteiger partial charge in [-0.15, -0.1) is 0 Å². The molecule has 1 unspecified atom stereocenters. The number of rotatable bonds is 2. The topological polar surface area (TPSA) is 50.4 Å². The van der Waals surface area contributed by atoms with Gasteiger partial charge in [0.2, 0.25) is 0 Å². The van der Waals surface area contributed by atoms with Crippen LogP contribution in [0.5, 0.6) is 0 Å². The fraction of sp³-hybridized carbons (Fsp3) is 0.667. The van der Waals surface area contributed by atoms with Crippen LogP contribution in [0.3, 0.4) is 0 Å². The molecule has 0 fully saturated rings. The van der Waals surface area contributed by atoms with Crippen molar-refractivity contribution in [2.45, 2.75) is 26.8 Å². The van der Waals surface area contributed by atoms with Gasteiger partial charge in [-0.05, 0) is 20.8 Å². The van der Waals surface area contributed by atoms with Crippen LogP contribution < -0.4 is 10.6 Å². The molecule has 0 bridgehead atoms. The number of ether oxygens (including phenoxy) is 1. The molecular formula is C9H16N2O2. The standard InChI is InChI=1S/C9H16N2O2/c1-4-13-9(12)8-6(2)10-5-11-7(8)3/h6,10-11H,4-5H2,1-3H3. The third-order valence-corrected chi connectivity index (χ3v) is 2.09. The highest BCUT2D eigenvalue weighted by molar-refractivity contribution is 5.90. The molecule has 0 radical (unpaired) electrons. The lowest BCUT2D eigenvalue weighted by Crippen LogP contribution is -2.44. The number of esters is 1. The van der Waals surface area contributed by atoms with Crippen LogP contribution in [0.2, 0.25) is 0 Å². The summed E-state index contributed by atoms with van der Waals surface area (Å²) in [7, 11) is 0. The van der Waals surface area contributed by atoms with Gasteiger partial charge in [0.1, 0.15) is 0 Å². The second kappa shape index (κ2) is 4.28. The van der Waals surface area contributed by atoms with Crippen LogP contribution in [0.25, 0.3) is 0 Å². The van der Waals surface area contributed by atoms with E-state index in [9.17, 15) is 4.79 Å². The van der Waals surface area contributed by atoms with Crippen molar-refractivity contribution in [2.24, 2.45) is 0 Å². The van der Waals surface area contributed by atoms with E-state index in [-0.39, 0.29) is 12.0 Å². The first kappa shape index (κ1) is 10.1. The van der Waals surface area contributed by atoms with Crippen molar-refractivity contribution >= 4 is 5.97 Å². The van der Waals surface area contributed by atoms with Crippen LogP contribution in [0.15, 0.2) is 11.3 Å². The summed E-state index contributed by atoms with van der Waals surface area (Å²) in [4.78, 5) is 11.5. The highest BCUT2D eigenvalue weighted by atomic mass is 16.5. The summed E-state index contributed by atoms with van der Waals surface area (Å²) >= 11 is 0. The largest absolute Gasteiger partial charge is 0.463 e. The molecule has 2 N–H and O–H groups in total. The van der Waals surface area contributed by atoms with E-state index in [1.165, 1.54) is 0 Å². The highest BCUT2D eigenvalue weighted by Gasteiger charge is 2.23. The van der Waals surface area contributed by atoms with Crippen LogP contribution in [0.1, 0.15) is 20.8 Å². The van der Waals surface area contributed by atoms with Gasteiger partial charge >= 0.3 is 5.97 Å². The normalized spacial score (nSPS) is 22.5. The third kappa shape index (κ3) is 2.21. The molecule has 4 nitrogen and oxygen atoms in total. The van der Waals surface area contributed by atoms with E-state index < -0.39 is 0 Å². The second-order valence-electron chi connectivity index (χ2n) is 3.04. The molecule has 1 atom stereocenters. The first-order valence-corrected chi connectivity index (χ1v) is 4.52. The Kier molecular flexibility index (Phi) is 3.31. The van der Waals surface area contributed by atoms with Gasteiger partial charge < -0.3 is 10.1 Å². The third-order valence-electron chi connectivity index (χ3n) is 2.09. The Morgan fingerprint density at radius 2 is 2.38 bits per heavy atom. The van der Waals surface area contributed by atoms with Crippen LogP contribution in [0.4, 0.5) is 0 Å². The molecule has 74 valence electrons. The maximum absolute atomic E-state index is 11.5. The predicted molar refractivity (Wildman–Crippen MR) is 49.9 cm³/mol. The van der Waals surface area contributed by atoms with E-state index in [1.54, 1.807) is 0 Å². The maximum atomic E-state index is 11.5. The van der Waals surface area contributed by atoms with Crippen molar-refractivity contribution in [3.05, 3.63) is 11.3 Å². The lowest BCUT2D eigenvalue weighted by molar-refractivity contribution is -0.139. The first-order valence-electron chi connectivity index (χ1n) is 4.52. The molecule has 1 rings (SSSR count). The summed E-state index contributed by atoms with van der Waals surface area (Å²) in [6.07, 6.45) is 0. The van der Waals surface area contributed by atoms with Crippen LogP contribution in [0, 0.1) is 0 Å². The molecule has 0 aromatic rings. The summed E-state index contributed by atoms with van der Waals surface area (Å²) < 4.78 is 4.95. The predicted octanol–water partition coefficient (Wildman–Crippen LogP) is 0.362. The van der Waals surface area contributed by atoms with Gasteiger partial charge in [-0.25, -0.2) is 4.79 Å². The van der Waals surface area contributed by atoms with Crippen molar-refractivity contribution < 1.29 is 9.53 Å². The van der Waals surface area contributed by atoms with Gasteiger partial charge in [0.25, 0.3) is 0 Å². The Balaban J connectivity index is 2.78. The summed E-state index contributed by atoms with van der Waals surface area (Å²) in [6, 6.07) is 0.0697. The summed E-state index contributed by atoms with van der Waals surface area (Å²) in [5, 5.41) is 6.20. The van der Waals surface area contributed by atoms with Gasteiger partial charge in [-0.3, -0.25) is 5.32 Å². The zero-order chi connectivity index (χ0) is 9.84. The molecule has 0 aliphatic carbocycles. The van der Waals surface area contributed by atoms with Crippen LogP contribution in [-0.2, 0) is 9.53 Å². The smallest absolute Gasteiger partial charge is 0.337 e. The first-order chi connectivity index (χ1) is 6.16. The average molecular weight is 184 g/mol. The van der Waals surface area contributed by atoms with Gasteiger partial charge in [0.15, 0.2) is 0 Å². The van der Waals surface area contributed by atoms with E-state index >= 15 is 0 Å². The SMILES string of the molecule is CCOC(=O)C1=C(C)NCNC1C. The number of hydrogen-bond acceptors (Lipinski definition) is 4. The Morgan fingerprint density at radius 3 is 2.92 bits per heavy atom. The van der Waals surface area contributed by atoms with E-state index in [4.69, 9.17) is 4.74 Å². The molecule has 0 saturated carbocycles. The van der Waals surface area contributed by atoms with Crippen LogP contribution in [-0.4, -0.2) is 25.3 Å². The van der Waals surface area contributed by atoms with E-state index in [0.717, 1.165) is 5.70 Å². The van der Waals surface area contributed by atoms with Crippen molar-refractivity contribution in [1.29, 1.82) is 0 Å². The molecular weight excluding hydrogens is 168 g/mol. The fourth-order valence-corrected chi connectivity index (χ4v) is 1.40. The zero-order valence-electron chi connectivity index (χ0n) is 8.31. The van der Waals surface area contributed by atoms with E-state index in [1.807, 2.05) is 20.8 Å². The average Bonchev–Trinajstić information content (AvgIpc) is 2.04. The van der Waals surface area contributed by atoms with Gasteiger partial charge in [0.05, 0.1) is 18.8 Å². The highest BCUT2D eigenvalue weighted by Crippen LogP contribution is 2.12. The summed E-state index contributed by atoms with van der Waals surface area (Å²) in [5.41, 5.74) is 1.61. The summed E-state index contributed by atoms with van der Waals surface area (Å²) in [6.45, 7) is 6.78. The van der Waals surface area contributed by atoms with Crippen molar-refractivity contribution in [3.63, 3.8) is 0 Å². The lowest BCUT2D eigenvalue weighted by atomic mass is 10.1. The minimum atomic E-state index is -0.229. The lowest BCUT2D eigenvalue weighted by Gasteiger charge is -2.25. The van der Waals surface area contributed by atoms with Crippen molar-refractivity contribution in [1.82, 2.24) is 10.6 Å². The van der Waals surface area contributed by atoms with Crippen molar-refractivity contribution in [3.8, 4) is 0 Å². The number of nitrogens with one attached hydrogen (secondary N) is 2. The number of hydrogen-bond donors (Lipinski definition) is 2. The number of allylic oxidation sites excluding steroid dienone is 1. The van der Waals surface area contributed by atoms with Gasteiger partial charge in [0, 0.05) is 11.7 Å². The Morgan fingerprint density at radius 1 is 1.69 bits per heavy atom. The van der Waals surface area contributed by atoms with Gasteiger partial charge in [-0.1, -0.05) is 0 Å².